The maximum atomic E-state index is 13.2. The maximum Gasteiger partial charge on any atom is 0.261 e. The van der Waals surface area contributed by atoms with E-state index in [1.807, 2.05) is 6.07 Å². The predicted molar refractivity (Wildman–Crippen MR) is 79.4 cm³/mol. The number of amides is 1. The van der Waals surface area contributed by atoms with Crippen LogP contribution in [-0.2, 0) is 0 Å². The second-order valence-corrected chi connectivity index (χ2v) is 6.38. The topological polar surface area (TPSA) is 55.1 Å². The molecule has 1 amide bonds. The molecule has 2 unspecified atom stereocenters. The minimum atomic E-state index is -0.273. The van der Waals surface area contributed by atoms with E-state index < -0.39 is 0 Å². The van der Waals surface area contributed by atoms with E-state index in [0.29, 0.717) is 17.3 Å². The number of nitrogens with two attached hydrogens (primary N) is 1. The summed E-state index contributed by atoms with van der Waals surface area (Å²) in [5, 5.41) is 3.98. The average Bonchev–Trinajstić information content (AvgIpc) is 3.04. The molecule has 1 saturated carbocycles. The Morgan fingerprint density at radius 1 is 1.40 bits per heavy atom. The van der Waals surface area contributed by atoms with E-state index >= 15 is 0 Å². The van der Waals surface area contributed by atoms with Crippen LogP contribution < -0.4 is 11.1 Å². The lowest BCUT2D eigenvalue weighted by Gasteiger charge is -2.18. The van der Waals surface area contributed by atoms with Crippen LogP contribution in [-0.4, -0.2) is 18.5 Å². The lowest BCUT2D eigenvalue weighted by molar-refractivity contribution is 0.0933. The van der Waals surface area contributed by atoms with Gasteiger partial charge in [0.05, 0.1) is 4.88 Å². The van der Waals surface area contributed by atoms with Crippen molar-refractivity contribution in [1.29, 1.82) is 0 Å². The van der Waals surface area contributed by atoms with Crippen molar-refractivity contribution in [1.82, 2.24) is 5.32 Å². The van der Waals surface area contributed by atoms with Crippen molar-refractivity contribution in [2.45, 2.75) is 25.3 Å². The minimum Gasteiger partial charge on any atom is -0.348 e. The third-order valence-corrected chi connectivity index (χ3v) is 5.08. The smallest absolute Gasteiger partial charge is 0.261 e. The summed E-state index contributed by atoms with van der Waals surface area (Å²) in [6.45, 7) is 0.614. The summed E-state index contributed by atoms with van der Waals surface area (Å²) < 4.78 is 14.0. The second kappa shape index (κ2) is 5.50. The summed E-state index contributed by atoms with van der Waals surface area (Å²) in [6.07, 6.45) is 3.19. The Balaban J connectivity index is 1.78. The van der Waals surface area contributed by atoms with Gasteiger partial charge < -0.3 is 11.1 Å². The van der Waals surface area contributed by atoms with Gasteiger partial charge >= 0.3 is 0 Å². The first-order valence-corrected chi connectivity index (χ1v) is 7.69. The van der Waals surface area contributed by atoms with E-state index in [2.05, 4.69) is 5.32 Å². The Bertz CT molecular complexity index is 640. The molecule has 1 fully saturated rings. The van der Waals surface area contributed by atoms with Crippen molar-refractivity contribution in [3.05, 3.63) is 35.0 Å². The van der Waals surface area contributed by atoms with Crippen LogP contribution in [0.15, 0.2) is 24.3 Å². The highest BCUT2D eigenvalue weighted by Crippen LogP contribution is 2.28. The molecule has 5 heteroatoms. The monoisotopic (exact) mass is 292 g/mol. The van der Waals surface area contributed by atoms with Gasteiger partial charge in [0, 0.05) is 10.7 Å². The lowest BCUT2D eigenvalue weighted by Crippen LogP contribution is -2.39. The molecular weight excluding hydrogens is 275 g/mol. The Morgan fingerprint density at radius 2 is 2.25 bits per heavy atom. The van der Waals surface area contributed by atoms with Crippen molar-refractivity contribution in [3.63, 3.8) is 0 Å². The third kappa shape index (κ3) is 2.55. The maximum absolute atomic E-state index is 13.2. The molecule has 3 N–H and O–H groups in total. The van der Waals surface area contributed by atoms with E-state index in [1.54, 1.807) is 6.07 Å². The minimum absolute atomic E-state index is 0.0723. The SMILES string of the molecule is NCC1CCCC1NC(=O)c1cc2ccc(F)cc2s1. The van der Waals surface area contributed by atoms with Gasteiger partial charge in [-0.25, -0.2) is 4.39 Å². The molecule has 0 saturated heterocycles. The van der Waals surface area contributed by atoms with Gasteiger partial charge in [-0.05, 0) is 48.9 Å². The van der Waals surface area contributed by atoms with Crippen LogP contribution in [0.3, 0.4) is 0 Å². The van der Waals surface area contributed by atoms with Crippen LogP contribution >= 0.6 is 11.3 Å². The number of thiophene rings is 1. The number of halogens is 1. The van der Waals surface area contributed by atoms with Crippen LogP contribution in [0.25, 0.3) is 10.1 Å². The molecule has 2 aromatic rings. The zero-order valence-electron chi connectivity index (χ0n) is 11.1. The summed E-state index contributed by atoms with van der Waals surface area (Å²) in [5.41, 5.74) is 5.73. The van der Waals surface area contributed by atoms with Gasteiger partial charge in [0.15, 0.2) is 0 Å². The van der Waals surface area contributed by atoms with Gasteiger partial charge in [0.2, 0.25) is 0 Å². The molecule has 0 aliphatic heterocycles. The summed E-state index contributed by atoms with van der Waals surface area (Å²) in [7, 11) is 0. The fourth-order valence-corrected chi connectivity index (χ4v) is 3.86. The first kappa shape index (κ1) is 13.5. The number of carbonyl (C=O) groups excluding carboxylic acids is 1. The molecule has 0 spiro atoms. The number of benzene rings is 1. The molecule has 20 heavy (non-hydrogen) atoms. The standard InChI is InChI=1S/C15H17FN2OS/c16-11-5-4-9-6-14(20-13(9)7-11)15(19)18-12-3-1-2-10(12)8-17/h4-7,10,12H,1-3,8,17H2,(H,18,19). The summed E-state index contributed by atoms with van der Waals surface area (Å²) in [6, 6.07) is 6.58. The highest BCUT2D eigenvalue weighted by Gasteiger charge is 2.28. The van der Waals surface area contributed by atoms with E-state index in [-0.39, 0.29) is 17.8 Å². The molecular formula is C15H17FN2OS. The van der Waals surface area contributed by atoms with Gasteiger partial charge in [-0.2, -0.15) is 0 Å². The predicted octanol–water partition coefficient (Wildman–Crippen LogP) is 2.90. The van der Waals surface area contributed by atoms with Gasteiger partial charge in [-0.3, -0.25) is 4.79 Å². The number of rotatable bonds is 3. The Labute approximate surface area is 121 Å². The quantitative estimate of drug-likeness (QED) is 0.914. The van der Waals surface area contributed by atoms with Gasteiger partial charge in [0.1, 0.15) is 5.82 Å². The molecule has 1 heterocycles. The fourth-order valence-electron chi connectivity index (χ4n) is 2.87. The second-order valence-electron chi connectivity index (χ2n) is 5.30. The van der Waals surface area contributed by atoms with Crippen molar-refractivity contribution < 1.29 is 9.18 Å². The fraction of sp³-hybridized carbons (Fsp3) is 0.400. The Kier molecular flexibility index (Phi) is 3.72. The van der Waals surface area contributed by atoms with Crippen molar-refractivity contribution >= 4 is 27.3 Å². The number of hydrogen-bond donors (Lipinski definition) is 2. The largest absolute Gasteiger partial charge is 0.348 e. The zero-order valence-corrected chi connectivity index (χ0v) is 11.9. The van der Waals surface area contributed by atoms with Crippen molar-refractivity contribution in [2.75, 3.05) is 6.54 Å². The molecule has 0 bridgehead atoms. The Morgan fingerprint density at radius 3 is 3.05 bits per heavy atom. The van der Waals surface area contributed by atoms with Crippen LogP contribution in [0.4, 0.5) is 4.39 Å². The highest BCUT2D eigenvalue weighted by atomic mass is 32.1. The molecule has 1 aliphatic rings. The number of hydrogen-bond acceptors (Lipinski definition) is 3. The van der Waals surface area contributed by atoms with E-state index in [9.17, 15) is 9.18 Å². The normalized spacial score (nSPS) is 22.3. The van der Waals surface area contributed by atoms with Gasteiger partial charge in [-0.1, -0.05) is 12.5 Å². The first-order valence-electron chi connectivity index (χ1n) is 6.87. The Hall–Kier alpha value is -1.46. The summed E-state index contributed by atoms with van der Waals surface area (Å²) in [5.74, 6) is 0.0352. The third-order valence-electron chi connectivity index (χ3n) is 3.98. The molecule has 1 aliphatic carbocycles. The van der Waals surface area contributed by atoms with Crippen molar-refractivity contribution in [2.24, 2.45) is 11.7 Å². The molecule has 3 rings (SSSR count). The van der Waals surface area contributed by atoms with Gasteiger partial charge in [-0.15, -0.1) is 11.3 Å². The molecule has 2 atom stereocenters. The summed E-state index contributed by atoms with van der Waals surface area (Å²) >= 11 is 1.33. The lowest BCUT2D eigenvalue weighted by atomic mass is 10.0. The molecule has 1 aromatic heterocycles. The molecule has 3 nitrogen and oxygen atoms in total. The molecule has 106 valence electrons. The number of fused-ring (bicyclic) bond motifs is 1. The average molecular weight is 292 g/mol. The molecule has 1 aromatic carbocycles. The first-order chi connectivity index (χ1) is 9.67. The zero-order chi connectivity index (χ0) is 14.1. The van der Waals surface area contributed by atoms with E-state index in [4.69, 9.17) is 5.73 Å². The van der Waals surface area contributed by atoms with Gasteiger partial charge in [0.25, 0.3) is 5.91 Å². The highest BCUT2D eigenvalue weighted by molar-refractivity contribution is 7.20. The number of carbonyl (C=O) groups is 1. The van der Waals surface area contributed by atoms with Crippen LogP contribution in [0.2, 0.25) is 0 Å². The molecule has 0 radical (unpaired) electrons. The van der Waals surface area contributed by atoms with Crippen LogP contribution in [0.5, 0.6) is 0 Å². The van der Waals surface area contributed by atoms with E-state index in [1.165, 1.54) is 23.5 Å². The summed E-state index contributed by atoms with van der Waals surface area (Å²) in [4.78, 5) is 12.9. The van der Waals surface area contributed by atoms with Crippen LogP contribution in [0, 0.1) is 11.7 Å². The van der Waals surface area contributed by atoms with Crippen LogP contribution in [0.1, 0.15) is 28.9 Å². The number of nitrogens with one attached hydrogen (secondary N) is 1. The van der Waals surface area contributed by atoms with E-state index in [0.717, 1.165) is 29.3 Å². The van der Waals surface area contributed by atoms with Crippen molar-refractivity contribution in [3.8, 4) is 0 Å².